The van der Waals surface area contributed by atoms with Gasteiger partial charge in [-0.1, -0.05) is 18.2 Å². The molecular formula is C30H27F2NO5. The molecular weight excluding hydrogens is 492 g/mol. The molecule has 1 N–H and O–H groups in total. The van der Waals surface area contributed by atoms with E-state index in [-0.39, 0.29) is 11.3 Å². The molecule has 1 aliphatic heterocycles. The molecule has 0 radical (unpaired) electrons. The highest BCUT2D eigenvalue weighted by atomic mass is 19.1. The van der Waals surface area contributed by atoms with Gasteiger partial charge in [0.15, 0.2) is 11.5 Å². The first-order valence-electron chi connectivity index (χ1n) is 12.5. The number of aliphatic hydroxyl groups is 1. The molecule has 38 heavy (non-hydrogen) atoms. The van der Waals surface area contributed by atoms with E-state index in [1.54, 1.807) is 31.2 Å². The highest BCUT2D eigenvalue weighted by Crippen LogP contribution is 2.45. The standard InChI is InChI=1S/C30H27F2NO5/c1-3-38-25-15-19(10-13-24(25)37-2)27-26(28(34)20-9-8-17-6-4-5-7-18(17)14-20)29(35)30(36)33(27)23-16-21(31)11-12-22(23)32/h8-16,27,34H,3-7H2,1-2H3/b28-26+. The monoisotopic (exact) mass is 519 g/mol. The number of halogens is 2. The van der Waals surface area contributed by atoms with Crippen LogP contribution in [-0.2, 0) is 22.4 Å². The molecule has 3 aromatic carbocycles. The van der Waals surface area contributed by atoms with E-state index in [0.29, 0.717) is 29.2 Å². The van der Waals surface area contributed by atoms with Gasteiger partial charge >= 0.3 is 0 Å². The van der Waals surface area contributed by atoms with Crippen LogP contribution in [0.5, 0.6) is 11.5 Å². The third-order valence-corrected chi connectivity index (χ3v) is 7.04. The summed E-state index contributed by atoms with van der Waals surface area (Å²) in [5.74, 6) is -3.36. The van der Waals surface area contributed by atoms with Gasteiger partial charge in [-0.15, -0.1) is 0 Å². The zero-order valence-electron chi connectivity index (χ0n) is 21.1. The maximum Gasteiger partial charge on any atom is 0.300 e. The lowest BCUT2D eigenvalue weighted by molar-refractivity contribution is -0.132. The van der Waals surface area contributed by atoms with E-state index in [1.807, 2.05) is 12.1 Å². The lowest BCUT2D eigenvalue weighted by Gasteiger charge is -2.26. The third-order valence-electron chi connectivity index (χ3n) is 7.04. The summed E-state index contributed by atoms with van der Waals surface area (Å²) in [6.07, 6.45) is 3.89. The molecule has 1 aliphatic carbocycles. The maximum absolute atomic E-state index is 15.0. The smallest absolute Gasteiger partial charge is 0.300 e. The number of Topliss-reactive ketones (excluding diaryl/α,β-unsaturated/α-hetero) is 1. The molecule has 1 unspecified atom stereocenters. The van der Waals surface area contributed by atoms with Crippen LogP contribution in [0.25, 0.3) is 5.76 Å². The molecule has 1 fully saturated rings. The number of ether oxygens (including phenoxy) is 2. The number of rotatable bonds is 6. The number of aliphatic hydroxyl groups excluding tert-OH is 1. The van der Waals surface area contributed by atoms with Gasteiger partial charge in [-0.05, 0) is 79.6 Å². The molecule has 2 aliphatic rings. The first-order chi connectivity index (χ1) is 18.3. The van der Waals surface area contributed by atoms with E-state index in [9.17, 15) is 23.5 Å². The average Bonchev–Trinajstić information content (AvgIpc) is 3.19. The van der Waals surface area contributed by atoms with Crippen molar-refractivity contribution in [3.8, 4) is 11.5 Å². The van der Waals surface area contributed by atoms with Crippen LogP contribution in [0.15, 0.2) is 60.2 Å². The highest BCUT2D eigenvalue weighted by Gasteiger charge is 2.48. The molecule has 8 heteroatoms. The fraction of sp³-hybridized carbons (Fsp3) is 0.267. The van der Waals surface area contributed by atoms with Gasteiger partial charge in [-0.3, -0.25) is 14.5 Å². The van der Waals surface area contributed by atoms with Crippen molar-refractivity contribution in [3.63, 3.8) is 0 Å². The Hall–Kier alpha value is -4.20. The minimum absolute atomic E-state index is 0.220. The third kappa shape index (κ3) is 4.40. The fourth-order valence-corrected chi connectivity index (χ4v) is 5.23. The van der Waals surface area contributed by atoms with Crippen molar-refractivity contribution in [3.05, 3.63) is 94.1 Å². The first-order valence-corrected chi connectivity index (χ1v) is 12.5. The molecule has 5 rings (SSSR count). The zero-order chi connectivity index (χ0) is 27.0. The number of carbonyl (C=O) groups excluding carboxylic acids is 2. The molecule has 1 amide bonds. The van der Waals surface area contributed by atoms with Crippen LogP contribution in [-0.4, -0.2) is 30.5 Å². The van der Waals surface area contributed by atoms with Crippen LogP contribution in [0.3, 0.4) is 0 Å². The minimum atomic E-state index is -1.24. The maximum atomic E-state index is 15.0. The minimum Gasteiger partial charge on any atom is -0.507 e. The first kappa shape index (κ1) is 25.4. The van der Waals surface area contributed by atoms with Gasteiger partial charge in [0.05, 0.1) is 31.0 Å². The van der Waals surface area contributed by atoms with Gasteiger partial charge in [0.2, 0.25) is 0 Å². The summed E-state index contributed by atoms with van der Waals surface area (Å²) in [6, 6.07) is 11.7. The summed E-state index contributed by atoms with van der Waals surface area (Å²) in [5.41, 5.74) is 2.37. The molecule has 1 heterocycles. The number of anilines is 1. The van der Waals surface area contributed by atoms with Crippen molar-refractivity contribution >= 4 is 23.1 Å². The Balaban J connectivity index is 1.73. The highest BCUT2D eigenvalue weighted by molar-refractivity contribution is 6.51. The number of hydrogen-bond donors (Lipinski definition) is 1. The van der Waals surface area contributed by atoms with E-state index in [0.717, 1.165) is 54.3 Å². The Morgan fingerprint density at radius 3 is 2.47 bits per heavy atom. The van der Waals surface area contributed by atoms with E-state index in [2.05, 4.69) is 0 Å². The largest absolute Gasteiger partial charge is 0.507 e. The molecule has 1 saturated heterocycles. The molecule has 1 atom stereocenters. The van der Waals surface area contributed by atoms with Gasteiger partial charge in [0.1, 0.15) is 17.4 Å². The number of amides is 1. The second-order valence-corrected chi connectivity index (χ2v) is 9.30. The van der Waals surface area contributed by atoms with E-state index >= 15 is 0 Å². The van der Waals surface area contributed by atoms with Crippen molar-refractivity contribution in [2.75, 3.05) is 18.6 Å². The second kappa shape index (κ2) is 10.3. The Bertz CT molecular complexity index is 1460. The number of ketones is 1. The van der Waals surface area contributed by atoms with Gasteiger partial charge in [-0.2, -0.15) is 0 Å². The normalized spacial score (nSPS) is 18.4. The van der Waals surface area contributed by atoms with Crippen molar-refractivity contribution in [2.24, 2.45) is 0 Å². The Morgan fingerprint density at radius 1 is 0.974 bits per heavy atom. The molecule has 196 valence electrons. The number of nitrogens with zero attached hydrogens (tertiary/aromatic N) is 1. The van der Waals surface area contributed by atoms with E-state index in [1.165, 1.54) is 12.7 Å². The summed E-state index contributed by atoms with van der Waals surface area (Å²) in [4.78, 5) is 27.7. The van der Waals surface area contributed by atoms with Crippen molar-refractivity contribution in [2.45, 2.75) is 38.6 Å². The Kier molecular flexibility index (Phi) is 6.89. The summed E-state index contributed by atoms with van der Waals surface area (Å²) in [6.45, 7) is 2.10. The topological polar surface area (TPSA) is 76.1 Å². The van der Waals surface area contributed by atoms with Crippen LogP contribution in [0, 0.1) is 11.6 Å². The van der Waals surface area contributed by atoms with Crippen molar-refractivity contribution < 1.29 is 33.0 Å². The summed E-state index contributed by atoms with van der Waals surface area (Å²) < 4.78 is 40.2. The predicted octanol–water partition coefficient (Wildman–Crippen LogP) is 5.88. The molecule has 0 bridgehead atoms. The molecule has 3 aromatic rings. The van der Waals surface area contributed by atoms with Gasteiger partial charge in [-0.25, -0.2) is 8.78 Å². The van der Waals surface area contributed by atoms with Crippen LogP contribution in [0.4, 0.5) is 14.5 Å². The van der Waals surface area contributed by atoms with Crippen LogP contribution in [0.1, 0.15) is 48.1 Å². The molecule has 0 saturated carbocycles. The zero-order valence-corrected chi connectivity index (χ0v) is 21.1. The average molecular weight is 520 g/mol. The van der Waals surface area contributed by atoms with E-state index < -0.39 is 35.1 Å². The van der Waals surface area contributed by atoms with Crippen LogP contribution >= 0.6 is 0 Å². The summed E-state index contributed by atoms with van der Waals surface area (Å²) in [7, 11) is 1.47. The number of fused-ring (bicyclic) bond motifs is 1. The number of methoxy groups -OCH3 is 1. The Labute approximate surface area is 219 Å². The molecule has 0 aromatic heterocycles. The van der Waals surface area contributed by atoms with Gasteiger partial charge in [0.25, 0.3) is 11.7 Å². The number of carbonyl (C=O) groups is 2. The predicted molar refractivity (Wildman–Crippen MR) is 138 cm³/mol. The Morgan fingerprint density at radius 2 is 1.74 bits per heavy atom. The van der Waals surface area contributed by atoms with Crippen LogP contribution in [0.2, 0.25) is 0 Å². The lowest BCUT2D eigenvalue weighted by atomic mass is 9.88. The van der Waals surface area contributed by atoms with Crippen molar-refractivity contribution in [1.82, 2.24) is 0 Å². The van der Waals surface area contributed by atoms with E-state index in [4.69, 9.17) is 9.47 Å². The molecule has 0 spiro atoms. The van der Waals surface area contributed by atoms with Gasteiger partial charge < -0.3 is 14.6 Å². The second-order valence-electron chi connectivity index (χ2n) is 9.30. The number of hydrogen-bond acceptors (Lipinski definition) is 5. The number of benzene rings is 3. The lowest BCUT2D eigenvalue weighted by Crippen LogP contribution is -2.30. The summed E-state index contributed by atoms with van der Waals surface area (Å²) in [5, 5.41) is 11.5. The van der Waals surface area contributed by atoms with Crippen molar-refractivity contribution in [1.29, 1.82) is 0 Å². The van der Waals surface area contributed by atoms with Crippen LogP contribution < -0.4 is 14.4 Å². The summed E-state index contributed by atoms with van der Waals surface area (Å²) >= 11 is 0. The quantitative estimate of drug-likeness (QED) is 0.250. The molecule has 6 nitrogen and oxygen atoms in total. The van der Waals surface area contributed by atoms with Gasteiger partial charge in [0, 0.05) is 11.6 Å². The fourth-order valence-electron chi connectivity index (χ4n) is 5.23. The SMILES string of the molecule is CCOc1cc(C2/C(=C(\O)c3ccc4c(c3)CCCC4)C(=O)C(=O)N2c2cc(F)ccc2F)ccc1OC. The number of aryl methyl sites for hydroxylation is 2.